The van der Waals surface area contributed by atoms with Crippen LogP contribution in [0.3, 0.4) is 0 Å². The van der Waals surface area contributed by atoms with Gasteiger partial charge in [0.1, 0.15) is 10.8 Å². The number of thiocarbonyl (C=S) groups is 1. The first-order chi connectivity index (χ1) is 11.4. The lowest BCUT2D eigenvalue weighted by atomic mass is 10.1. The molecule has 0 aliphatic carbocycles. The maximum atomic E-state index is 11.9. The molecule has 0 unspecified atom stereocenters. The Labute approximate surface area is 149 Å². The molecule has 0 saturated carbocycles. The van der Waals surface area contributed by atoms with Gasteiger partial charge in [-0.05, 0) is 43.8 Å². The number of ether oxygens (including phenoxy) is 1. The second-order valence-electron chi connectivity index (χ2n) is 4.96. The molecule has 0 aliphatic heterocycles. The molecule has 0 atom stereocenters. The van der Waals surface area contributed by atoms with Crippen molar-refractivity contribution in [2.24, 2.45) is 5.73 Å². The molecule has 0 radical (unpaired) electrons. The molecule has 1 aromatic carbocycles. The molecule has 0 spiro atoms. The number of anilines is 1. The van der Waals surface area contributed by atoms with Gasteiger partial charge >= 0.3 is 0 Å². The van der Waals surface area contributed by atoms with E-state index in [1.807, 2.05) is 32.0 Å². The standard InChI is InChI=1S/C16H17N3O3S2/c1-9-10(2)24-15(13(9)14(17)21)19-16(23)18-12(20)8-22-11-6-4-3-5-7-11/h3-7H,8H2,1-2H3,(H2,17,21)(H2,18,19,20,23). The van der Waals surface area contributed by atoms with E-state index in [4.69, 9.17) is 22.7 Å². The summed E-state index contributed by atoms with van der Waals surface area (Å²) in [5, 5.41) is 5.95. The monoisotopic (exact) mass is 363 g/mol. The van der Waals surface area contributed by atoms with Crippen LogP contribution in [0.2, 0.25) is 0 Å². The van der Waals surface area contributed by atoms with Crippen molar-refractivity contribution in [3.8, 4) is 5.75 Å². The van der Waals surface area contributed by atoms with Crippen molar-refractivity contribution in [2.75, 3.05) is 11.9 Å². The molecule has 2 aromatic rings. The molecular formula is C16H17N3O3S2. The van der Waals surface area contributed by atoms with E-state index in [-0.39, 0.29) is 11.7 Å². The first kappa shape index (κ1) is 17.9. The van der Waals surface area contributed by atoms with Crippen molar-refractivity contribution in [1.82, 2.24) is 5.32 Å². The highest BCUT2D eigenvalue weighted by Crippen LogP contribution is 2.31. The number of para-hydroxylation sites is 1. The van der Waals surface area contributed by atoms with Crippen LogP contribution in [0, 0.1) is 13.8 Å². The van der Waals surface area contributed by atoms with Gasteiger partial charge in [0.05, 0.1) is 5.56 Å². The average Bonchev–Trinajstić information content (AvgIpc) is 2.80. The van der Waals surface area contributed by atoms with E-state index in [2.05, 4.69) is 10.6 Å². The van der Waals surface area contributed by atoms with Crippen LogP contribution >= 0.6 is 23.6 Å². The van der Waals surface area contributed by atoms with Gasteiger partial charge < -0.3 is 15.8 Å². The number of rotatable bonds is 5. The average molecular weight is 363 g/mol. The van der Waals surface area contributed by atoms with E-state index in [1.165, 1.54) is 11.3 Å². The maximum absolute atomic E-state index is 11.9. The molecule has 8 heteroatoms. The SMILES string of the molecule is Cc1sc(NC(=S)NC(=O)COc2ccccc2)c(C(N)=O)c1C. The molecule has 24 heavy (non-hydrogen) atoms. The fourth-order valence-electron chi connectivity index (χ4n) is 1.97. The van der Waals surface area contributed by atoms with Crippen LogP contribution in [-0.2, 0) is 4.79 Å². The van der Waals surface area contributed by atoms with Gasteiger partial charge in [0.25, 0.3) is 11.8 Å². The number of carbonyl (C=O) groups is 2. The maximum Gasteiger partial charge on any atom is 0.264 e. The van der Waals surface area contributed by atoms with E-state index in [9.17, 15) is 9.59 Å². The molecule has 0 bridgehead atoms. The second kappa shape index (κ2) is 7.89. The number of hydrogen-bond donors (Lipinski definition) is 3. The van der Waals surface area contributed by atoms with Gasteiger partial charge in [-0.3, -0.25) is 14.9 Å². The van der Waals surface area contributed by atoms with Crippen LogP contribution in [0.5, 0.6) is 5.75 Å². The fourth-order valence-corrected chi connectivity index (χ4v) is 3.33. The Bertz CT molecular complexity index is 772. The van der Waals surface area contributed by atoms with Gasteiger partial charge in [-0.2, -0.15) is 0 Å². The Morgan fingerprint density at radius 3 is 2.54 bits per heavy atom. The first-order valence-electron chi connectivity index (χ1n) is 7.07. The van der Waals surface area contributed by atoms with Crippen LogP contribution < -0.4 is 21.1 Å². The number of aryl methyl sites for hydroxylation is 1. The summed E-state index contributed by atoms with van der Waals surface area (Å²) >= 11 is 6.45. The summed E-state index contributed by atoms with van der Waals surface area (Å²) in [5.41, 5.74) is 6.58. The molecule has 2 rings (SSSR count). The third-order valence-corrected chi connectivity index (χ3v) is 4.55. The largest absolute Gasteiger partial charge is 0.484 e. The van der Waals surface area contributed by atoms with Gasteiger partial charge in [-0.1, -0.05) is 18.2 Å². The summed E-state index contributed by atoms with van der Waals surface area (Å²) in [7, 11) is 0. The summed E-state index contributed by atoms with van der Waals surface area (Å²) < 4.78 is 5.33. The van der Waals surface area contributed by atoms with Gasteiger partial charge in [-0.25, -0.2) is 0 Å². The minimum atomic E-state index is -0.541. The Morgan fingerprint density at radius 1 is 1.25 bits per heavy atom. The molecule has 1 aromatic heterocycles. The topological polar surface area (TPSA) is 93.4 Å². The van der Waals surface area contributed by atoms with Crippen LogP contribution in [0.25, 0.3) is 0 Å². The molecule has 4 N–H and O–H groups in total. The number of nitrogens with one attached hydrogen (secondary N) is 2. The molecule has 2 amide bonds. The second-order valence-corrected chi connectivity index (χ2v) is 6.59. The van der Waals surface area contributed by atoms with Gasteiger partial charge in [-0.15, -0.1) is 11.3 Å². The fraction of sp³-hybridized carbons (Fsp3) is 0.188. The predicted octanol–water partition coefficient (Wildman–Crippen LogP) is 2.36. The summed E-state index contributed by atoms with van der Waals surface area (Å²) in [4.78, 5) is 24.4. The normalized spacial score (nSPS) is 10.1. The lowest BCUT2D eigenvalue weighted by Crippen LogP contribution is -2.37. The lowest BCUT2D eigenvalue weighted by Gasteiger charge is -2.10. The van der Waals surface area contributed by atoms with Crippen LogP contribution in [0.4, 0.5) is 5.00 Å². The Kier molecular flexibility index (Phi) is 5.88. The van der Waals surface area contributed by atoms with E-state index >= 15 is 0 Å². The third-order valence-electron chi connectivity index (χ3n) is 3.22. The number of amides is 2. The van der Waals surface area contributed by atoms with Crippen molar-refractivity contribution in [2.45, 2.75) is 13.8 Å². The highest BCUT2D eigenvalue weighted by Gasteiger charge is 2.18. The number of carbonyl (C=O) groups excluding carboxylic acids is 2. The zero-order chi connectivity index (χ0) is 17.7. The predicted molar refractivity (Wildman–Crippen MR) is 98.6 cm³/mol. The molecule has 1 heterocycles. The zero-order valence-electron chi connectivity index (χ0n) is 13.2. The number of hydrogen-bond acceptors (Lipinski definition) is 5. The number of thiophene rings is 1. The molecule has 0 fully saturated rings. The first-order valence-corrected chi connectivity index (χ1v) is 8.29. The number of primary amides is 1. The van der Waals surface area contributed by atoms with Crippen LogP contribution in [-0.4, -0.2) is 23.5 Å². The van der Waals surface area contributed by atoms with Crippen LogP contribution in [0.15, 0.2) is 30.3 Å². The van der Waals surface area contributed by atoms with Crippen LogP contribution in [0.1, 0.15) is 20.8 Å². The summed E-state index contributed by atoms with van der Waals surface area (Å²) in [6, 6.07) is 8.98. The minimum Gasteiger partial charge on any atom is -0.484 e. The summed E-state index contributed by atoms with van der Waals surface area (Å²) in [6.45, 7) is 3.52. The van der Waals surface area contributed by atoms with Gasteiger partial charge in [0, 0.05) is 4.88 Å². The Balaban J connectivity index is 1.92. The summed E-state index contributed by atoms with van der Waals surface area (Å²) in [6.07, 6.45) is 0. The Hall–Kier alpha value is -2.45. The molecular weight excluding hydrogens is 346 g/mol. The highest BCUT2D eigenvalue weighted by molar-refractivity contribution is 7.80. The number of nitrogens with two attached hydrogens (primary N) is 1. The molecule has 126 valence electrons. The van der Waals surface area contributed by atoms with E-state index in [0.29, 0.717) is 16.3 Å². The summed E-state index contributed by atoms with van der Waals surface area (Å²) in [5.74, 6) is -0.352. The van der Waals surface area contributed by atoms with Crippen molar-refractivity contribution in [3.05, 3.63) is 46.3 Å². The van der Waals surface area contributed by atoms with Crippen molar-refractivity contribution in [3.63, 3.8) is 0 Å². The van der Waals surface area contributed by atoms with E-state index in [1.54, 1.807) is 12.1 Å². The minimum absolute atomic E-state index is 0.0837. The molecule has 6 nitrogen and oxygen atoms in total. The highest BCUT2D eigenvalue weighted by atomic mass is 32.1. The zero-order valence-corrected chi connectivity index (χ0v) is 14.8. The van der Waals surface area contributed by atoms with Crippen molar-refractivity contribution in [1.29, 1.82) is 0 Å². The number of benzene rings is 1. The van der Waals surface area contributed by atoms with Crippen molar-refractivity contribution < 1.29 is 14.3 Å². The Morgan fingerprint density at radius 2 is 1.92 bits per heavy atom. The lowest BCUT2D eigenvalue weighted by molar-refractivity contribution is -0.121. The third kappa shape index (κ3) is 4.53. The smallest absolute Gasteiger partial charge is 0.264 e. The molecule has 0 saturated heterocycles. The van der Waals surface area contributed by atoms with Crippen molar-refractivity contribution >= 4 is 45.5 Å². The quantitative estimate of drug-likeness (QED) is 0.709. The van der Waals surface area contributed by atoms with E-state index < -0.39 is 11.8 Å². The van der Waals surface area contributed by atoms with E-state index in [0.717, 1.165) is 10.4 Å². The van der Waals surface area contributed by atoms with Gasteiger partial charge in [0.15, 0.2) is 11.7 Å². The van der Waals surface area contributed by atoms with Gasteiger partial charge in [0.2, 0.25) is 0 Å². The molecule has 0 aliphatic rings.